The number of benzene rings is 2. The van der Waals surface area contributed by atoms with E-state index in [4.69, 9.17) is 31.0 Å². The van der Waals surface area contributed by atoms with Gasteiger partial charge in [0.25, 0.3) is 0 Å². The number of carbonyl (C=O) groups excluding carboxylic acids is 1. The van der Waals surface area contributed by atoms with Crippen LogP contribution in [0.25, 0.3) is 0 Å². The van der Waals surface area contributed by atoms with Crippen LogP contribution in [0.4, 0.5) is 11.4 Å². The first kappa shape index (κ1) is 14.4. The highest BCUT2D eigenvalue weighted by atomic mass is 35.5. The summed E-state index contributed by atoms with van der Waals surface area (Å²) in [5.41, 5.74) is 1.42. The smallest absolute Gasteiger partial charge is 0.341 e. The summed E-state index contributed by atoms with van der Waals surface area (Å²) in [6.45, 7) is -3.09. The topological polar surface area (TPSA) is 75.6 Å². The minimum absolute atomic E-state index is 0.335. The van der Waals surface area contributed by atoms with Crippen molar-refractivity contribution in [3.05, 3.63) is 58.1 Å². The highest BCUT2D eigenvalue weighted by Crippen LogP contribution is 2.33. The van der Waals surface area contributed by atoms with Crippen LogP contribution in [0, 0.1) is 0 Å². The molecule has 2 N–H and O–H groups in total. The quantitative estimate of drug-likeness (QED) is 0.768. The maximum atomic E-state index is 11.9. The number of hydrogen-bond donors (Lipinski definition) is 2. The van der Waals surface area contributed by atoms with Crippen molar-refractivity contribution in [1.82, 2.24) is 0 Å². The van der Waals surface area contributed by atoms with E-state index in [1.54, 1.807) is 42.5 Å². The van der Waals surface area contributed by atoms with Crippen molar-refractivity contribution in [3.8, 4) is 0 Å². The Balaban J connectivity index is 2.21. The molecule has 0 saturated carbocycles. The summed E-state index contributed by atoms with van der Waals surface area (Å²) in [6.07, 6.45) is -0.335. The normalized spacial score (nSPS) is 12.1. The predicted molar refractivity (Wildman–Crippen MR) is 88.5 cm³/mol. The van der Waals surface area contributed by atoms with Crippen LogP contribution in [0.3, 0.4) is 0 Å². The van der Waals surface area contributed by atoms with Crippen molar-refractivity contribution in [3.63, 3.8) is 0 Å². The maximum absolute atomic E-state index is 11.9. The third-order valence-corrected chi connectivity index (χ3v) is 3.46. The van der Waals surface area contributed by atoms with Crippen molar-refractivity contribution < 1.29 is 22.2 Å². The SMILES string of the molecule is [2H]C([2H])(OC(=O)Cc1ccccc1Nc1c(Cl)cccc1Cl)C(=O)O. The predicted octanol–water partition coefficient (Wildman–Crippen LogP) is 3.91. The average Bonchev–Trinajstić information content (AvgIpc) is 2.52. The summed E-state index contributed by atoms with van der Waals surface area (Å²) < 4.78 is 18.7. The minimum atomic E-state index is -3.09. The monoisotopic (exact) mass is 355 g/mol. The Morgan fingerprint density at radius 2 is 1.78 bits per heavy atom. The lowest BCUT2D eigenvalue weighted by molar-refractivity contribution is -0.154. The van der Waals surface area contributed by atoms with Gasteiger partial charge in [0.15, 0.2) is 6.56 Å². The molecule has 120 valence electrons. The zero-order valence-corrected chi connectivity index (χ0v) is 13.2. The number of carboxylic acid groups (broad SMARTS) is 1. The highest BCUT2D eigenvalue weighted by molar-refractivity contribution is 6.39. The molecule has 0 aliphatic rings. The lowest BCUT2D eigenvalue weighted by atomic mass is 10.1. The van der Waals surface area contributed by atoms with E-state index in [1.807, 2.05) is 0 Å². The van der Waals surface area contributed by atoms with Gasteiger partial charge in [-0.15, -0.1) is 0 Å². The van der Waals surface area contributed by atoms with Crippen LogP contribution in [0.1, 0.15) is 8.30 Å². The first-order chi connectivity index (χ1) is 11.7. The first-order valence-electron chi connectivity index (χ1n) is 7.45. The standard InChI is InChI=1S/C16H13Cl2NO4/c17-11-5-3-6-12(18)16(11)19-13-7-2-1-4-10(13)8-15(22)23-9-14(20)21/h1-7,19H,8-9H2,(H,20,21)/i9D2. The van der Waals surface area contributed by atoms with E-state index >= 15 is 0 Å². The molecule has 0 atom stereocenters. The number of hydrogen-bond acceptors (Lipinski definition) is 4. The number of rotatable bonds is 6. The molecule has 0 heterocycles. The van der Waals surface area contributed by atoms with Gasteiger partial charge in [0.05, 0.1) is 24.9 Å². The molecule has 0 unspecified atom stereocenters. The van der Waals surface area contributed by atoms with E-state index in [0.29, 0.717) is 27.0 Å². The van der Waals surface area contributed by atoms with Crippen LogP contribution in [-0.4, -0.2) is 23.6 Å². The Morgan fingerprint density at radius 1 is 1.13 bits per heavy atom. The van der Waals surface area contributed by atoms with Gasteiger partial charge in [-0.3, -0.25) is 4.79 Å². The van der Waals surface area contributed by atoms with Crippen molar-refractivity contribution in [2.45, 2.75) is 6.42 Å². The van der Waals surface area contributed by atoms with E-state index in [1.165, 1.54) is 0 Å². The van der Waals surface area contributed by atoms with Gasteiger partial charge >= 0.3 is 11.9 Å². The second kappa shape index (κ2) is 7.85. The molecule has 0 aromatic heterocycles. The van der Waals surface area contributed by atoms with E-state index in [9.17, 15) is 9.59 Å². The summed E-state index contributed by atoms with van der Waals surface area (Å²) in [7, 11) is 0. The third kappa shape index (κ3) is 4.87. The number of nitrogens with one attached hydrogen (secondary N) is 1. The van der Waals surface area contributed by atoms with Gasteiger partial charge in [0, 0.05) is 5.69 Å². The lowest BCUT2D eigenvalue weighted by Gasteiger charge is -2.14. The van der Waals surface area contributed by atoms with E-state index in [-0.39, 0.29) is 6.42 Å². The summed E-state index contributed by atoms with van der Waals surface area (Å²) in [6, 6.07) is 11.7. The number of aliphatic carboxylic acids is 1. The zero-order valence-electron chi connectivity index (χ0n) is 13.7. The molecule has 0 aliphatic carbocycles. The number of carbonyl (C=O) groups is 2. The molecule has 0 saturated heterocycles. The molecule has 0 amide bonds. The van der Waals surface area contributed by atoms with E-state index < -0.39 is 18.5 Å². The fourth-order valence-corrected chi connectivity index (χ4v) is 2.33. The second-order valence-corrected chi connectivity index (χ2v) is 5.25. The molecular formula is C16H13Cl2NO4. The summed E-state index contributed by atoms with van der Waals surface area (Å²) in [4.78, 5) is 22.6. The number of carboxylic acids is 1. The number of ether oxygens (including phenoxy) is 1. The minimum Gasteiger partial charge on any atom is -0.479 e. The molecule has 0 bridgehead atoms. The van der Waals surface area contributed by atoms with Gasteiger partial charge < -0.3 is 15.2 Å². The molecule has 5 nitrogen and oxygen atoms in total. The Bertz CT molecular complexity index is 794. The lowest BCUT2D eigenvalue weighted by Crippen LogP contribution is -2.15. The van der Waals surface area contributed by atoms with Crippen molar-refractivity contribution in [1.29, 1.82) is 0 Å². The maximum Gasteiger partial charge on any atom is 0.341 e. The van der Waals surface area contributed by atoms with E-state index in [0.717, 1.165) is 0 Å². The third-order valence-electron chi connectivity index (χ3n) is 2.83. The fraction of sp³-hybridized carbons (Fsp3) is 0.125. The van der Waals surface area contributed by atoms with Crippen molar-refractivity contribution in [2.75, 3.05) is 11.9 Å². The van der Waals surface area contributed by atoms with Crippen LogP contribution in [-0.2, 0) is 20.7 Å². The number of esters is 1. The largest absolute Gasteiger partial charge is 0.479 e. The Morgan fingerprint density at radius 3 is 2.43 bits per heavy atom. The molecule has 2 aromatic rings. The van der Waals surface area contributed by atoms with Crippen LogP contribution in [0.2, 0.25) is 10.0 Å². The molecule has 0 aliphatic heterocycles. The summed E-state index contributed by atoms with van der Waals surface area (Å²) in [5, 5.41) is 12.5. The van der Waals surface area contributed by atoms with Crippen molar-refractivity contribution >= 4 is 46.5 Å². The molecule has 23 heavy (non-hydrogen) atoms. The Hall–Kier alpha value is -2.24. The van der Waals surface area contributed by atoms with Gasteiger partial charge in [-0.05, 0) is 23.8 Å². The highest BCUT2D eigenvalue weighted by Gasteiger charge is 2.12. The van der Waals surface area contributed by atoms with Gasteiger partial charge in [0.1, 0.15) is 0 Å². The summed E-state index contributed by atoms with van der Waals surface area (Å²) in [5.74, 6) is -2.90. The van der Waals surface area contributed by atoms with Crippen LogP contribution < -0.4 is 5.32 Å². The fourth-order valence-electron chi connectivity index (χ4n) is 1.84. The number of para-hydroxylation sites is 2. The van der Waals surface area contributed by atoms with Crippen LogP contribution in [0.5, 0.6) is 0 Å². The van der Waals surface area contributed by atoms with Crippen LogP contribution in [0.15, 0.2) is 42.5 Å². The molecule has 0 radical (unpaired) electrons. The molecule has 7 heteroatoms. The molecule has 0 spiro atoms. The van der Waals surface area contributed by atoms with Gasteiger partial charge in [-0.1, -0.05) is 47.5 Å². The van der Waals surface area contributed by atoms with Gasteiger partial charge in [-0.25, -0.2) is 4.79 Å². The van der Waals surface area contributed by atoms with E-state index in [2.05, 4.69) is 10.1 Å². The van der Waals surface area contributed by atoms with Gasteiger partial charge in [0.2, 0.25) is 0 Å². The second-order valence-electron chi connectivity index (χ2n) is 4.44. The Kier molecular flexibility index (Phi) is 4.90. The molecule has 2 rings (SSSR count). The van der Waals surface area contributed by atoms with Crippen LogP contribution >= 0.6 is 23.2 Å². The molecule has 0 fully saturated rings. The first-order valence-corrected chi connectivity index (χ1v) is 7.20. The average molecular weight is 356 g/mol. The van der Waals surface area contributed by atoms with Crippen molar-refractivity contribution in [2.24, 2.45) is 0 Å². The Labute approximate surface area is 145 Å². The zero-order chi connectivity index (χ0) is 18.6. The molecule has 2 aromatic carbocycles. The molecular weight excluding hydrogens is 341 g/mol. The number of halogens is 2. The number of anilines is 2. The summed E-state index contributed by atoms with van der Waals surface area (Å²) >= 11 is 12.2. The van der Waals surface area contributed by atoms with Gasteiger partial charge in [-0.2, -0.15) is 0 Å².